The van der Waals surface area contributed by atoms with Gasteiger partial charge in [0.1, 0.15) is 5.75 Å². The zero-order valence-corrected chi connectivity index (χ0v) is 16.9. The fraction of sp³-hybridized carbons (Fsp3) is 0.261. The summed E-state index contributed by atoms with van der Waals surface area (Å²) in [6.07, 6.45) is 0. The van der Waals surface area contributed by atoms with Crippen LogP contribution < -0.4 is 15.0 Å². The third-order valence-corrected chi connectivity index (χ3v) is 4.77. The second kappa shape index (κ2) is 8.65. The summed E-state index contributed by atoms with van der Waals surface area (Å²) in [6, 6.07) is 20.3. The molecule has 0 bridgehead atoms. The maximum absolute atomic E-state index is 12.4. The summed E-state index contributed by atoms with van der Waals surface area (Å²) in [7, 11) is 7.50. The van der Waals surface area contributed by atoms with Crippen molar-refractivity contribution < 1.29 is 9.53 Å². The molecule has 28 heavy (non-hydrogen) atoms. The number of anilines is 1. The predicted molar refractivity (Wildman–Crippen MR) is 115 cm³/mol. The first-order valence-corrected chi connectivity index (χ1v) is 9.28. The fourth-order valence-corrected chi connectivity index (χ4v) is 3.07. The molecule has 0 atom stereocenters. The SMILES string of the molecule is COc1ccc2cc(CNC(=O)N(C)Cc3ccc(N(C)C)cc3)ccc2c1. The molecule has 0 aromatic heterocycles. The van der Waals surface area contributed by atoms with Crippen molar-refractivity contribution >= 4 is 22.5 Å². The number of nitrogens with one attached hydrogen (secondary N) is 1. The van der Waals surface area contributed by atoms with Crippen LogP contribution in [0, 0.1) is 0 Å². The Balaban J connectivity index is 1.57. The number of methoxy groups -OCH3 is 1. The number of benzene rings is 3. The van der Waals surface area contributed by atoms with Crippen molar-refractivity contribution in [3.05, 3.63) is 71.8 Å². The lowest BCUT2D eigenvalue weighted by atomic mass is 10.1. The van der Waals surface area contributed by atoms with Crippen LogP contribution in [0.3, 0.4) is 0 Å². The smallest absolute Gasteiger partial charge is 0.317 e. The lowest BCUT2D eigenvalue weighted by molar-refractivity contribution is 0.206. The first kappa shape index (κ1) is 19.5. The van der Waals surface area contributed by atoms with Gasteiger partial charge in [-0.1, -0.05) is 30.3 Å². The number of amides is 2. The minimum atomic E-state index is -0.0912. The highest BCUT2D eigenvalue weighted by Crippen LogP contribution is 2.22. The highest BCUT2D eigenvalue weighted by molar-refractivity contribution is 5.84. The lowest BCUT2D eigenvalue weighted by Crippen LogP contribution is -2.36. The lowest BCUT2D eigenvalue weighted by Gasteiger charge is -2.19. The first-order chi connectivity index (χ1) is 13.5. The fourth-order valence-electron chi connectivity index (χ4n) is 3.07. The summed E-state index contributed by atoms with van der Waals surface area (Å²) < 4.78 is 5.26. The van der Waals surface area contributed by atoms with Crippen molar-refractivity contribution in [1.82, 2.24) is 10.2 Å². The third-order valence-electron chi connectivity index (χ3n) is 4.77. The van der Waals surface area contributed by atoms with Gasteiger partial charge in [-0.05, 0) is 52.2 Å². The van der Waals surface area contributed by atoms with Gasteiger partial charge in [0.2, 0.25) is 0 Å². The normalized spacial score (nSPS) is 10.6. The molecule has 1 N–H and O–H groups in total. The summed E-state index contributed by atoms with van der Waals surface area (Å²) in [5.74, 6) is 0.841. The number of rotatable bonds is 6. The summed E-state index contributed by atoms with van der Waals surface area (Å²) >= 11 is 0. The highest BCUT2D eigenvalue weighted by Gasteiger charge is 2.09. The average molecular weight is 377 g/mol. The number of fused-ring (bicyclic) bond motifs is 1. The van der Waals surface area contributed by atoms with Crippen LogP contribution in [-0.2, 0) is 13.1 Å². The molecule has 3 rings (SSSR count). The zero-order chi connectivity index (χ0) is 20.1. The van der Waals surface area contributed by atoms with E-state index in [2.05, 4.69) is 46.6 Å². The summed E-state index contributed by atoms with van der Waals surface area (Å²) in [5.41, 5.74) is 3.31. The predicted octanol–water partition coefficient (Wildman–Crippen LogP) is 4.26. The van der Waals surface area contributed by atoms with Crippen LogP contribution in [0.25, 0.3) is 10.8 Å². The van der Waals surface area contributed by atoms with E-state index < -0.39 is 0 Å². The molecule has 0 heterocycles. The van der Waals surface area contributed by atoms with E-state index in [9.17, 15) is 4.79 Å². The van der Waals surface area contributed by atoms with Gasteiger partial charge < -0.3 is 19.9 Å². The number of urea groups is 1. The van der Waals surface area contributed by atoms with Gasteiger partial charge in [-0.3, -0.25) is 0 Å². The maximum atomic E-state index is 12.4. The van der Waals surface area contributed by atoms with E-state index in [0.29, 0.717) is 13.1 Å². The van der Waals surface area contributed by atoms with Gasteiger partial charge in [0, 0.05) is 39.9 Å². The molecule has 0 radical (unpaired) electrons. The maximum Gasteiger partial charge on any atom is 0.317 e. The molecule has 2 amide bonds. The molecule has 0 aliphatic heterocycles. The molecule has 146 valence electrons. The Morgan fingerprint density at radius 3 is 2.21 bits per heavy atom. The van der Waals surface area contributed by atoms with E-state index in [1.54, 1.807) is 12.0 Å². The molecule has 0 fully saturated rings. The number of hydrogen-bond donors (Lipinski definition) is 1. The van der Waals surface area contributed by atoms with Gasteiger partial charge in [-0.2, -0.15) is 0 Å². The third kappa shape index (κ3) is 4.74. The number of hydrogen-bond acceptors (Lipinski definition) is 3. The van der Waals surface area contributed by atoms with Gasteiger partial charge in [-0.15, -0.1) is 0 Å². The average Bonchev–Trinajstić information content (AvgIpc) is 2.71. The Kier molecular flexibility index (Phi) is 6.04. The Morgan fingerprint density at radius 1 is 0.893 bits per heavy atom. The summed E-state index contributed by atoms with van der Waals surface area (Å²) in [4.78, 5) is 16.2. The van der Waals surface area contributed by atoms with Crippen LogP contribution in [0.4, 0.5) is 10.5 Å². The van der Waals surface area contributed by atoms with Crippen LogP contribution in [0.1, 0.15) is 11.1 Å². The summed E-state index contributed by atoms with van der Waals surface area (Å²) in [6.45, 7) is 1.06. The van der Waals surface area contributed by atoms with Crippen molar-refractivity contribution in [3.8, 4) is 5.75 Å². The Hall–Kier alpha value is -3.21. The Bertz CT molecular complexity index is 952. The quantitative estimate of drug-likeness (QED) is 0.698. The van der Waals surface area contributed by atoms with Gasteiger partial charge in [-0.25, -0.2) is 4.79 Å². The van der Waals surface area contributed by atoms with Gasteiger partial charge in [0.25, 0.3) is 0 Å². The topological polar surface area (TPSA) is 44.8 Å². The van der Waals surface area contributed by atoms with Crippen molar-refractivity contribution in [2.45, 2.75) is 13.1 Å². The van der Waals surface area contributed by atoms with Crippen LogP contribution in [0.5, 0.6) is 5.75 Å². The van der Waals surface area contributed by atoms with E-state index in [1.165, 1.54) is 0 Å². The standard InChI is InChI=1S/C23H27N3O2/c1-25(2)21-10-6-17(7-11-21)16-26(3)23(27)24-15-18-5-8-20-14-22(28-4)12-9-19(20)13-18/h5-14H,15-16H2,1-4H3,(H,24,27). The van der Waals surface area contributed by atoms with E-state index >= 15 is 0 Å². The zero-order valence-electron chi connectivity index (χ0n) is 16.9. The van der Waals surface area contributed by atoms with Crippen molar-refractivity contribution in [2.75, 3.05) is 33.2 Å². The van der Waals surface area contributed by atoms with Gasteiger partial charge >= 0.3 is 6.03 Å². The van der Waals surface area contributed by atoms with Crippen LogP contribution in [0.2, 0.25) is 0 Å². The van der Waals surface area contributed by atoms with E-state index in [-0.39, 0.29) is 6.03 Å². The van der Waals surface area contributed by atoms with E-state index in [1.807, 2.05) is 45.4 Å². The Labute approximate surface area is 166 Å². The second-order valence-electron chi connectivity index (χ2n) is 7.12. The number of ether oxygens (including phenoxy) is 1. The molecule has 0 unspecified atom stereocenters. The van der Waals surface area contributed by atoms with Crippen LogP contribution in [-0.4, -0.2) is 39.2 Å². The minimum absolute atomic E-state index is 0.0912. The minimum Gasteiger partial charge on any atom is -0.497 e. The van der Waals surface area contributed by atoms with E-state index in [4.69, 9.17) is 4.74 Å². The van der Waals surface area contributed by atoms with Crippen LogP contribution >= 0.6 is 0 Å². The molecular weight excluding hydrogens is 350 g/mol. The molecule has 5 nitrogen and oxygen atoms in total. The summed E-state index contributed by atoms with van der Waals surface area (Å²) in [5, 5.41) is 5.23. The molecule has 3 aromatic rings. The van der Waals surface area contributed by atoms with Crippen molar-refractivity contribution in [1.29, 1.82) is 0 Å². The molecule has 0 saturated heterocycles. The number of carbonyl (C=O) groups is 1. The van der Waals surface area contributed by atoms with Gasteiger partial charge in [0.15, 0.2) is 0 Å². The monoisotopic (exact) mass is 377 g/mol. The number of nitrogens with zero attached hydrogens (tertiary/aromatic N) is 2. The first-order valence-electron chi connectivity index (χ1n) is 9.28. The van der Waals surface area contributed by atoms with Crippen molar-refractivity contribution in [3.63, 3.8) is 0 Å². The molecule has 0 saturated carbocycles. The molecule has 3 aromatic carbocycles. The largest absolute Gasteiger partial charge is 0.497 e. The van der Waals surface area contributed by atoms with Gasteiger partial charge in [0.05, 0.1) is 7.11 Å². The van der Waals surface area contributed by atoms with Crippen LogP contribution in [0.15, 0.2) is 60.7 Å². The molecule has 0 aliphatic carbocycles. The molecule has 5 heteroatoms. The Morgan fingerprint density at radius 2 is 1.54 bits per heavy atom. The number of carbonyl (C=O) groups excluding carboxylic acids is 1. The second-order valence-corrected chi connectivity index (χ2v) is 7.12. The molecular formula is C23H27N3O2. The molecule has 0 spiro atoms. The highest BCUT2D eigenvalue weighted by atomic mass is 16.5. The molecule has 0 aliphatic rings. The van der Waals surface area contributed by atoms with E-state index in [0.717, 1.165) is 33.3 Å². The van der Waals surface area contributed by atoms with Crippen molar-refractivity contribution in [2.24, 2.45) is 0 Å².